The number of aryl methyl sites for hydroxylation is 2. The molecule has 28 heavy (non-hydrogen) atoms. The van der Waals surface area contributed by atoms with Crippen molar-refractivity contribution in [3.63, 3.8) is 0 Å². The molecule has 1 heteroatoms. The van der Waals surface area contributed by atoms with Gasteiger partial charge in [0.15, 0.2) is 0 Å². The van der Waals surface area contributed by atoms with Gasteiger partial charge in [-0.15, -0.1) is 0 Å². The quantitative estimate of drug-likeness (QED) is 0.369. The number of methoxy groups -OCH3 is 1. The van der Waals surface area contributed by atoms with Crippen molar-refractivity contribution in [3.8, 4) is 39.1 Å². The Labute approximate surface area is 167 Å². The van der Waals surface area contributed by atoms with Gasteiger partial charge in [0.2, 0.25) is 0 Å². The van der Waals surface area contributed by atoms with Gasteiger partial charge in [-0.05, 0) is 64.9 Å². The largest absolute Gasteiger partial charge is 0.497 e. The Hall–Kier alpha value is -3.32. The third kappa shape index (κ3) is 3.70. The van der Waals surface area contributed by atoms with Gasteiger partial charge in [-0.3, -0.25) is 0 Å². The molecule has 0 bridgehead atoms. The Morgan fingerprint density at radius 3 is 1.50 bits per heavy atom. The zero-order valence-corrected chi connectivity index (χ0v) is 16.6. The van der Waals surface area contributed by atoms with E-state index in [4.69, 9.17) is 4.74 Å². The van der Waals surface area contributed by atoms with Crippen molar-refractivity contribution in [1.82, 2.24) is 0 Å². The van der Waals surface area contributed by atoms with E-state index in [-0.39, 0.29) is 0 Å². The van der Waals surface area contributed by atoms with Crippen LogP contribution in [0.3, 0.4) is 0 Å². The molecule has 0 saturated heterocycles. The van der Waals surface area contributed by atoms with E-state index in [0.717, 1.165) is 5.75 Å². The summed E-state index contributed by atoms with van der Waals surface area (Å²) in [5.41, 5.74) is 9.99. The maximum absolute atomic E-state index is 5.26. The summed E-state index contributed by atoms with van der Waals surface area (Å²) >= 11 is 0. The summed E-state index contributed by atoms with van der Waals surface area (Å²) in [6.45, 7) is 4.29. The van der Waals surface area contributed by atoms with Gasteiger partial charge in [-0.1, -0.05) is 84.4 Å². The monoisotopic (exact) mass is 364 g/mol. The van der Waals surface area contributed by atoms with Crippen LogP contribution in [0, 0.1) is 13.8 Å². The molecule has 4 aromatic carbocycles. The highest BCUT2D eigenvalue weighted by atomic mass is 16.5. The molecular formula is C27H24O. The summed E-state index contributed by atoms with van der Waals surface area (Å²) in [5.74, 6) is 0.881. The molecule has 4 aromatic rings. The molecule has 0 unspecified atom stereocenters. The van der Waals surface area contributed by atoms with E-state index in [2.05, 4.69) is 92.7 Å². The summed E-state index contributed by atoms with van der Waals surface area (Å²) < 4.78 is 5.26. The first kappa shape index (κ1) is 18.1. The van der Waals surface area contributed by atoms with Crippen molar-refractivity contribution in [3.05, 3.63) is 102 Å². The van der Waals surface area contributed by atoms with Crippen molar-refractivity contribution >= 4 is 0 Å². The molecule has 0 aliphatic heterocycles. The van der Waals surface area contributed by atoms with E-state index in [1.807, 2.05) is 12.1 Å². The van der Waals surface area contributed by atoms with Crippen molar-refractivity contribution in [2.45, 2.75) is 13.8 Å². The maximum Gasteiger partial charge on any atom is 0.118 e. The first-order valence-corrected chi connectivity index (χ1v) is 9.56. The first-order chi connectivity index (χ1) is 13.6. The molecule has 0 spiro atoms. The Balaban J connectivity index is 1.60. The van der Waals surface area contributed by atoms with E-state index in [0.29, 0.717) is 0 Å². The molecule has 0 aliphatic carbocycles. The van der Waals surface area contributed by atoms with Crippen LogP contribution < -0.4 is 4.74 Å². The van der Waals surface area contributed by atoms with Crippen LogP contribution in [-0.2, 0) is 0 Å². The van der Waals surface area contributed by atoms with E-state index in [1.165, 1.54) is 44.5 Å². The van der Waals surface area contributed by atoms with Gasteiger partial charge in [-0.25, -0.2) is 0 Å². The van der Waals surface area contributed by atoms with E-state index in [9.17, 15) is 0 Å². The highest BCUT2D eigenvalue weighted by Gasteiger charge is 2.06. The Morgan fingerprint density at radius 2 is 0.964 bits per heavy atom. The molecular weight excluding hydrogens is 340 g/mol. The summed E-state index contributed by atoms with van der Waals surface area (Å²) in [5, 5.41) is 0. The van der Waals surface area contributed by atoms with Crippen LogP contribution in [0.2, 0.25) is 0 Å². The summed E-state index contributed by atoms with van der Waals surface area (Å²) in [4.78, 5) is 0. The lowest BCUT2D eigenvalue weighted by atomic mass is 9.94. The van der Waals surface area contributed by atoms with Crippen molar-refractivity contribution < 1.29 is 4.74 Å². The molecule has 4 rings (SSSR count). The highest BCUT2D eigenvalue weighted by Crippen LogP contribution is 2.31. The molecule has 0 N–H and O–H groups in total. The van der Waals surface area contributed by atoms with Gasteiger partial charge >= 0.3 is 0 Å². The Bertz CT molecular complexity index is 1070. The predicted octanol–water partition coefficient (Wildman–Crippen LogP) is 7.31. The fraction of sp³-hybridized carbons (Fsp3) is 0.111. The molecule has 0 aromatic heterocycles. The second-order valence-corrected chi connectivity index (χ2v) is 7.20. The van der Waals surface area contributed by atoms with Crippen LogP contribution in [0.4, 0.5) is 0 Å². The molecule has 0 aliphatic rings. The van der Waals surface area contributed by atoms with E-state index >= 15 is 0 Å². The number of hydrogen-bond acceptors (Lipinski definition) is 1. The Kier molecular flexibility index (Phi) is 4.99. The lowest BCUT2D eigenvalue weighted by Gasteiger charge is -2.11. The van der Waals surface area contributed by atoms with Crippen LogP contribution in [0.25, 0.3) is 33.4 Å². The average Bonchev–Trinajstić information content (AvgIpc) is 2.74. The SMILES string of the molecule is COc1ccc(-c2ccc(-c3ccc(-c4ccc(C)cc4)cc3)cc2C)cc1. The highest BCUT2D eigenvalue weighted by molar-refractivity contribution is 5.75. The van der Waals surface area contributed by atoms with Crippen LogP contribution >= 0.6 is 0 Å². The first-order valence-electron chi connectivity index (χ1n) is 9.56. The van der Waals surface area contributed by atoms with Crippen molar-refractivity contribution in [2.24, 2.45) is 0 Å². The number of benzene rings is 4. The number of hydrogen-bond donors (Lipinski definition) is 0. The standard InChI is InChI=1S/C27H24O/c1-19-4-6-21(7-5-19)22-8-10-23(11-9-22)25-14-17-27(20(2)18-25)24-12-15-26(28-3)16-13-24/h4-18H,1-3H3. The van der Waals surface area contributed by atoms with Gasteiger partial charge in [0.05, 0.1) is 7.11 Å². The molecule has 0 fully saturated rings. The minimum Gasteiger partial charge on any atom is -0.497 e. The lowest BCUT2D eigenvalue weighted by Crippen LogP contribution is -1.87. The van der Waals surface area contributed by atoms with Gasteiger partial charge in [0.1, 0.15) is 5.75 Å². The molecule has 0 amide bonds. The van der Waals surface area contributed by atoms with E-state index < -0.39 is 0 Å². The molecule has 1 nitrogen and oxygen atoms in total. The molecule has 138 valence electrons. The minimum absolute atomic E-state index is 0.881. The van der Waals surface area contributed by atoms with Crippen LogP contribution in [0.5, 0.6) is 5.75 Å². The fourth-order valence-corrected chi connectivity index (χ4v) is 3.54. The van der Waals surface area contributed by atoms with Gasteiger partial charge in [0, 0.05) is 0 Å². The molecule has 0 radical (unpaired) electrons. The third-order valence-electron chi connectivity index (χ3n) is 5.23. The predicted molar refractivity (Wildman–Crippen MR) is 119 cm³/mol. The maximum atomic E-state index is 5.26. The van der Waals surface area contributed by atoms with Crippen molar-refractivity contribution in [2.75, 3.05) is 7.11 Å². The fourth-order valence-electron chi connectivity index (χ4n) is 3.54. The van der Waals surface area contributed by atoms with Gasteiger partial charge in [0.25, 0.3) is 0 Å². The average molecular weight is 364 g/mol. The zero-order valence-electron chi connectivity index (χ0n) is 16.6. The van der Waals surface area contributed by atoms with Gasteiger partial charge in [-0.2, -0.15) is 0 Å². The number of rotatable bonds is 4. The molecule has 0 saturated carbocycles. The number of ether oxygens (including phenoxy) is 1. The second kappa shape index (κ2) is 7.74. The summed E-state index contributed by atoms with van der Waals surface area (Å²) in [6.07, 6.45) is 0. The summed E-state index contributed by atoms with van der Waals surface area (Å²) in [7, 11) is 1.69. The molecule has 0 heterocycles. The Morgan fingerprint density at radius 1 is 0.500 bits per heavy atom. The summed E-state index contributed by atoms with van der Waals surface area (Å²) in [6, 6.07) is 32.4. The lowest BCUT2D eigenvalue weighted by molar-refractivity contribution is 0.415. The smallest absolute Gasteiger partial charge is 0.118 e. The van der Waals surface area contributed by atoms with Crippen LogP contribution in [-0.4, -0.2) is 7.11 Å². The zero-order chi connectivity index (χ0) is 19.5. The van der Waals surface area contributed by atoms with Crippen LogP contribution in [0.15, 0.2) is 91.0 Å². The second-order valence-electron chi connectivity index (χ2n) is 7.20. The van der Waals surface area contributed by atoms with Gasteiger partial charge < -0.3 is 4.74 Å². The topological polar surface area (TPSA) is 9.23 Å². The minimum atomic E-state index is 0.881. The normalized spacial score (nSPS) is 10.7. The van der Waals surface area contributed by atoms with Crippen molar-refractivity contribution in [1.29, 1.82) is 0 Å². The van der Waals surface area contributed by atoms with Crippen LogP contribution in [0.1, 0.15) is 11.1 Å². The van der Waals surface area contributed by atoms with E-state index in [1.54, 1.807) is 7.11 Å². The molecule has 0 atom stereocenters. The third-order valence-corrected chi connectivity index (χ3v) is 5.23.